The third-order valence-corrected chi connectivity index (χ3v) is 2.86. The van der Waals surface area contributed by atoms with Crippen LogP contribution in [0.15, 0.2) is 0 Å². The maximum atomic E-state index is 10.8. The molecule has 10 nitrogen and oxygen atoms in total. The zero-order valence-electron chi connectivity index (χ0n) is 13.1. The van der Waals surface area contributed by atoms with Crippen molar-refractivity contribution in [3.8, 4) is 0 Å². The van der Waals surface area contributed by atoms with E-state index in [9.17, 15) is 19.2 Å². The van der Waals surface area contributed by atoms with E-state index in [0.29, 0.717) is 0 Å². The van der Waals surface area contributed by atoms with Crippen LogP contribution < -0.4 is 11.5 Å². The van der Waals surface area contributed by atoms with Crippen LogP contribution in [0.1, 0.15) is 28.5 Å². The summed E-state index contributed by atoms with van der Waals surface area (Å²) in [6.07, 6.45) is -3.90. The summed E-state index contributed by atoms with van der Waals surface area (Å²) in [4.78, 5) is 43.2. The van der Waals surface area contributed by atoms with Gasteiger partial charge in [-0.15, -0.1) is 0 Å². The molecule has 0 aromatic rings. The van der Waals surface area contributed by atoms with Gasteiger partial charge < -0.3 is 34.7 Å². The molecular weight excluding hydrogens is 300 g/mol. The molecular formula is C10H18MgN2O8. The van der Waals surface area contributed by atoms with Gasteiger partial charge in [0, 0.05) is 0 Å². The zero-order chi connectivity index (χ0) is 16.1. The van der Waals surface area contributed by atoms with Gasteiger partial charge in [0.1, 0.15) is 0 Å². The van der Waals surface area contributed by atoms with Crippen molar-refractivity contribution >= 4 is 46.9 Å². The van der Waals surface area contributed by atoms with Crippen LogP contribution in [-0.2, 0) is 19.2 Å². The first-order valence-corrected chi connectivity index (χ1v) is 5.37. The van der Waals surface area contributed by atoms with Crippen molar-refractivity contribution in [3.05, 3.63) is 0 Å². The van der Waals surface area contributed by atoms with Crippen molar-refractivity contribution in [1.82, 2.24) is 0 Å². The average molecular weight is 319 g/mol. The van der Waals surface area contributed by atoms with Crippen LogP contribution in [0.5, 0.6) is 0 Å². The number of carbonyl (C=O) groups is 4. The van der Waals surface area contributed by atoms with Crippen LogP contribution in [0.3, 0.4) is 0 Å². The van der Waals surface area contributed by atoms with E-state index in [2.05, 4.69) is 0 Å². The molecule has 0 unspecified atom stereocenters. The van der Waals surface area contributed by atoms with Crippen LogP contribution in [-0.4, -0.2) is 78.4 Å². The summed E-state index contributed by atoms with van der Waals surface area (Å²) >= 11 is 0. The maximum absolute atomic E-state index is 10.8. The molecule has 0 saturated heterocycles. The fraction of sp³-hybridized carbons (Fsp3) is 0.600. The molecule has 11 heteroatoms. The van der Waals surface area contributed by atoms with Crippen LogP contribution in [0.2, 0.25) is 0 Å². The fourth-order valence-electron chi connectivity index (χ4n) is 1.91. The van der Waals surface area contributed by atoms with Crippen LogP contribution >= 0.6 is 0 Å². The fourth-order valence-corrected chi connectivity index (χ4v) is 1.91. The number of hydrogen-bond donors (Lipinski definition) is 6. The molecule has 0 aliphatic rings. The molecule has 0 atom stereocenters. The van der Waals surface area contributed by atoms with E-state index in [4.69, 9.17) is 31.9 Å². The van der Waals surface area contributed by atoms with E-state index in [1.54, 1.807) is 0 Å². The molecule has 0 rings (SSSR count). The summed E-state index contributed by atoms with van der Waals surface area (Å²) in [5.41, 5.74) is 6.88. The molecule has 0 aromatic heterocycles. The Hall–Kier alpha value is -1.43. The minimum atomic E-state index is -2.22. The van der Waals surface area contributed by atoms with Gasteiger partial charge in [-0.1, -0.05) is 0 Å². The Kier molecular flexibility index (Phi) is 8.45. The second-order valence-electron chi connectivity index (χ2n) is 4.59. The summed E-state index contributed by atoms with van der Waals surface area (Å²) in [6, 6.07) is 0. The van der Waals surface area contributed by atoms with E-state index in [0.717, 1.165) is 0 Å². The predicted octanol–water partition coefficient (Wildman–Crippen LogP) is -1.88. The van der Waals surface area contributed by atoms with E-state index >= 15 is 0 Å². The van der Waals surface area contributed by atoms with Gasteiger partial charge in [0.25, 0.3) is 0 Å². The quantitative estimate of drug-likeness (QED) is 0.261. The van der Waals surface area contributed by atoms with E-state index < -0.39 is 60.6 Å². The number of nitrogens with two attached hydrogens (primary N) is 2. The first-order chi connectivity index (χ1) is 8.92. The van der Waals surface area contributed by atoms with Crippen LogP contribution in [0.4, 0.5) is 0 Å². The molecule has 0 saturated carbocycles. The molecule has 8 N–H and O–H groups in total. The third kappa shape index (κ3) is 6.71. The first-order valence-electron chi connectivity index (χ1n) is 5.37. The van der Waals surface area contributed by atoms with Crippen molar-refractivity contribution in [1.29, 1.82) is 0 Å². The van der Waals surface area contributed by atoms with Gasteiger partial charge >= 0.3 is 46.9 Å². The summed E-state index contributed by atoms with van der Waals surface area (Å²) in [5, 5.41) is 35.1. The summed E-state index contributed by atoms with van der Waals surface area (Å²) in [7, 11) is 0. The third-order valence-electron chi connectivity index (χ3n) is 2.86. The smallest absolute Gasteiger partial charge is 1.00 e. The Morgan fingerprint density at radius 2 is 0.810 bits per heavy atom. The number of carboxylic acid groups (broad SMARTS) is 4. The summed E-state index contributed by atoms with van der Waals surface area (Å²) < 4.78 is 0. The normalized spacial score (nSPS) is 11.3. The SMILES string of the molecule is NC(CC(=O)O)(CC(=O)O)C(N)(CC(=O)O)CC(=O)O.[H-].[H-].[Mg+2]. The van der Waals surface area contributed by atoms with E-state index in [1.807, 2.05) is 0 Å². The largest absolute Gasteiger partial charge is 2.00 e. The van der Waals surface area contributed by atoms with Crippen LogP contribution in [0, 0.1) is 0 Å². The summed E-state index contributed by atoms with van der Waals surface area (Å²) in [5.74, 6) is -6.06. The van der Waals surface area contributed by atoms with Gasteiger partial charge in [-0.25, -0.2) is 0 Å². The van der Waals surface area contributed by atoms with Gasteiger partial charge in [0.2, 0.25) is 0 Å². The Morgan fingerprint density at radius 3 is 0.905 bits per heavy atom. The van der Waals surface area contributed by atoms with E-state index in [-0.39, 0.29) is 25.9 Å². The average Bonchev–Trinajstić information content (AvgIpc) is 2.10. The van der Waals surface area contributed by atoms with E-state index in [1.165, 1.54) is 0 Å². The second-order valence-corrected chi connectivity index (χ2v) is 4.59. The molecule has 0 radical (unpaired) electrons. The Bertz CT molecular complexity index is 377. The molecule has 0 heterocycles. The Labute approximate surface area is 138 Å². The molecule has 0 aromatic carbocycles. The number of hydrogen-bond acceptors (Lipinski definition) is 6. The minimum Gasteiger partial charge on any atom is -1.00 e. The molecule has 0 amide bonds. The molecule has 0 fully saturated rings. The summed E-state index contributed by atoms with van der Waals surface area (Å²) in [6.45, 7) is 0. The zero-order valence-corrected chi connectivity index (χ0v) is 12.5. The first kappa shape index (κ1) is 21.9. The Balaban J connectivity index is -0.000000602. The number of carboxylic acids is 4. The number of rotatable bonds is 9. The maximum Gasteiger partial charge on any atom is 2.00 e. The van der Waals surface area contributed by atoms with Gasteiger partial charge in [0.05, 0.1) is 36.8 Å². The Morgan fingerprint density at radius 1 is 0.667 bits per heavy atom. The van der Waals surface area contributed by atoms with Crippen molar-refractivity contribution in [2.24, 2.45) is 11.5 Å². The predicted molar refractivity (Wildman–Crippen MR) is 70.8 cm³/mol. The van der Waals surface area contributed by atoms with Gasteiger partial charge in [-0.3, -0.25) is 19.2 Å². The van der Waals surface area contributed by atoms with Crippen molar-refractivity contribution in [2.45, 2.75) is 36.8 Å². The van der Waals surface area contributed by atoms with Gasteiger partial charge in [-0.2, -0.15) is 0 Å². The molecule has 118 valence electrons. The monoisotopic (exact) mass is 318 g/mol. The molecule has 0 aliphatic carbocycles. The molecule has 0 spiro atoms. The number of aliphatic carboxylic acids is 4. The molecule has 0 bridgehead atoms. The van der Waals surface area contributed by atoms with Crippen molar-refractivity contribution < 1.29 is 42.5 Å². The topological polar surface area (TPSA) is 201 Å². The van der Waals surface area contributed by atoms with Gasteiger partial charge in [-0.05, 0) is 0 Å². The van der Waals surface area contributed by atoms with Crippen molar-refractivity contribution in [2.75, 3.05) is 0 Å². The van der Waals surface area contributed by atoms with Crippen LogP contribution in [0.25, 0.3) is 0 Å². The standard InChI is InChI=1S/C10H16N2O8.Mg.2H/c11-9(1-5(13)14,2-6(15)16)10(12,3-7(17)18)4-8(19)20;;;/h1-4,11-12H2,(H,13,14)(H,15,16)(H,17,18)(H,19,20);;;/q;+2;2*-1. The second kappa shape index (κ2) is 8.12. The molecule has 21 heavy (non-hydrogen) atoms. The molecule has 0 aliphatic heterocycles. The minimum absolute atomic E-state index is 0. The van der Waals surface area contributed by atoms with Crippen molar-refractivity contribution in [3.63, 3.8) is 0 Å². The van der Waals surface area contributed by atoms with Gasteiger partial charge in [0.15, 0.2) is 0 Å².